The van der Waals surface area contributed by atoms with E-state index in [1.807, 2.05) is 135 Å². The first kappa shape index (κ1) is 76.1. The van der Waals surface area contributed by atoms with Crippen molar-refractivity contribution in [3.8, 4) is 11.1 Å². The zero-order valence-electron chi connectivity index (χ0n) is 58.5. The summed E-state index contributed by atoms with van der Waals surface area (Å²) >= 11 is 0. The van der Waals surface area contributed by atoms with Gasteiger partial charge in [0.15, 0.2) is 6.04 Å². The van der Waals surface area contributed by atoms with Crippen LogP contribution in [-0.2, 0) is 49.5 Å². The number of nitrogens with two attached hydrogens (primary N) is 1. The van der Waals surface area contributed by atoms with Crippen molar-refractivity contribution in [2.45, 2.75) is 181 Å². The number of likely N-dealkylation sites (tertiary alicyclic amines) is 1. The lowest BCUT2D eigenvalue weighted by Gasteiger charge is -2.42. The Hall–Kier alpha value is -7.92. The number of ether oxygens (including phenoxy) is 3. The molecule has 1 fully saturated rings. The van der Waals surface area contributed by atoms with Crippen LogP contribution < -0.4 is 37.6 Å². The Labute approximate surface area is 562 Å². The van der Waals surface area contributed by atoms with Gasteiger partial charge < -0.3 is 71.2 Å². The van der Waals surface area contributed by atoms with Crippen molar-refractivity contribution in [3.05, 3.63) is 125 Å². The van der Waals surface area contributed by atoms with E-state index in [1.54, 1.807) is 68.8 Å². The number of urea groups is 1. The Balaban J connectivity index is 1.08. The van der Waals surface area contributed by atoms with Gasteiger partial charge in [-0.1, -0.05) is 160 Å². The monoisotopic (exact) mass is 1320 g/mol. The third-order valence-electron chi connectivity index (χ3n) is 19.1. The molecule has 22 nitrogen and oxygen atoms in total. The molecule has 12 atom stereocenters. The number of anilines is 1. The summed E-state index contributed by atoms with van der Waals surface area (Å²) in [6.07, 6.45) is -0.741. The van der Waals surface area contributed by atoms with Crippen LogP contribution in [0.25, 0.3) is 11.1 Å². The van der Waals surface area contributed by atoms with Crippen molar-refractivity contribution in [1.82, 2.24) is 36.4 Å². The van der Waals surface area contributed by atoms with E-state index in [9.17, 15) is 43.5 Å². The van der Waals surface area contributed by atoms with Gasteiger partial charge in [-0.3, -0.25) is 28.8 Å². The number of hydrogen-bond acceptors (Lipinski definition) is 12. The average Bonchev–Trinajstić information content (AvgIpc) is 1.65. The fourth-order valence-corrected chi connectivity index (χ4v) is 13.9. The molecule has 520 valence electrons. The van der Waals surface area contributed by atoms with Gasteiger partial charge in [0.05, 0.1) is 62.9 Å². The summed E-state index contributed by atoms with van der Waals surface area (Å²) in [4.78, 5) is 115. The minimum Gasteiger partial charge on any atom is -0.449 e. The average molecular weight is 1320 g/mol. The number of quaternary nitrogens is 1. The molecule has 1 aliphatic heterocycles. The lowest BCUT2D eigenvalue weighted by molar-refractivity contribution is -0.922. The fraction of sp³-hybridized carbons (Fsp3) is 0.562. The van der Waals surface area contributed by atoms with Crippen LogP contribution in [0.1, 0.15) is 142 Å². The summed E-state index contributed by atoms with van der Waals surface area (Å²) in [6, 6.07) is 26.2. The second kappa shape index (κ2) is 35.2. The molecule has 0 spiro atoms. The zero-order valence-corrected chi connectivity index (χ0v) is 58.5. The number of nitrogens with zero attached hydrogens (tertiary/aromatic N) is 3. The van der Waals surface area contributed by atoms with Crippen LogP contribution in [0.15, 0.2) is 103 Å². The number of benzene rings is 4. The summed E-state index contributed by atoms with van der Waals surface area (Å²) in [5, 5.41) is 28.1. The summed E-state index contributed by atoms with van der Waals surface area (Å²) in [6.45, 7) is 19.8. The first-order chi connectivity index (χ1) is 45.0. The first-order valence-corrected chi connectivity index (χ1v) is 33.7. The largest absolute Gasteiger partial charge is 0.449 e. The molecule has 0 saturated carbocycles. The van der Waals surface area contributed by atoms with E-state index in [0.717, 1.165) is 27.8 Å². The van der Waals surface area contributed by atoms with Crippen molar-refractivity contribution in [1.29, 1.82) is 0 Å². The van der Waals surface area contributed by atoms with E-state index in [4.69, 9.17) is 19.9 Å². The number of aliphatic hydroxyl groups is 1. The zero-order chi connectivity index (χ0) is 70.0. The van der Waals surface area contributed by atoms with E-state index in [0.29, 0.717) is 43.6 Å². The summed E-state index contributed by atoms with van der Waals surface area (Å²) in [7, 11) is 8.70. The van der Waals surface area contributed by atoms with Crippen LogP contribution >= 0.6 is 0 Å². The molecule has 22 heteroatoms. The van der Waals surface area contributed by atoms with Gasteiger partial charge in [-0.25, -0.2) is 9.59 Å². The van der Waals surface area contributed by atoms with Gasteiger partial charge in [0, 0.05) is 57.4 Å². The number of likely N-dealkylation sites (N-methyl/N-ethyl adjacent to an activating group) is 2. The van der Waals surface area contributed by atoms with Crippen LogP contribution in [0.5, 0.6) is 0 Å². The van der Waals surface area contributed by atoms with Crippen molar-refractivity contribution in [2.24, 2.45) is 35.3 Å². The minimum atomic E-state index is -1.09. The smallest absolute Gasteiger partial charge is 0.407 e. The summed E-state index contributed by atoms with van der Waals surface area (Å²) < 4.78 is 18.1. The van der Waals surface area contributed by atoms with Crippen LogP contribution in [0, 0.1) is 29.6 Å². The Morgan fingerprint density at radius 1 is 0.705 bits per heavy atom. The fourth-order valence-electron chi connectivity index (χ4n) is 13.9. The molecule has 4 aromatic carbocycles. The molecule has 4 aromatic rings. The highest BCUT2D eigenvalue weighted by Gasteiger charge is 2.45. The number of amides is 9. The molecule has 6 rings (SSSR count). The van der Waals surface area contributed by atoms with Crippen molar-refractivity contribution >= 4 is 53.3 Å². The number of aliphatic hydroxyl groups excluding tert-OH is 1. The third-order valence-corrected chi connectivity index (χ3v) is 19.1. The van der Waals surface area contributed by atoms with Gasteiger partial charge in [0.1, 0.15) is 31.3 Å². The highest BCUT2D eigenvalue weighted by molar-refractivity contribution is 5.98. The molecule has 9 amide bonds. The molecule has 0 radical (unpaired) electrons. The standard InChI is InChI=1S/C73H106N10O12/c1-16-46(8)63(59(93-14)40-60(84)82-39-25-33-58(82)66(94-15)47(9)67(86)76-48(10)65(85)50-26-18-17-19-27-50)81(11)71(90)62(44(4)5)79-70(89)64(45(6)7)83(12,13)41-49-34-36-51(37-35-49)77-68(87)57(32-24-38-75-72(74)91)78-69(88)61(43(2)3)80-73(92)95-42-56-54-30-22-20-28-52(54)53-29-21-23-31-55(53)56/h17-23,26-31,34-37,43-48,56-59,61-66,85H,16,24-25,32-33,38-42H2,1-15H3,(H7-,74,75,76,77,78,79,80,86,87,88,89,91,92)/p+1/t46-,47+,48+,57-,58-,59-,61-,62-,63-,64-,65-,66+/m0/s1. The van der Waals surface area contributed by atoms with Crippen molar-refractivity contribution < 1.29 is 62.2 Å². The van der Waals surface area contributed by atoms with Gasteiger partial charge in [0.2, 0.25) is 29.5 Å². The molecular weight excluding hydrogens is 1210 g/mol. The van der Waals surface area contributed by atoms with Crippen LogP contribution in [0.4, 0.5) is 15.3 Å². The normalized spacial score (nSPS) is 17.3. The third kappa shape index (κ3) is 19.9. The number of carbonyl (C=O) groups excluding carboxylic acids is 8. The van der Waals surface area contributed by atoms with E-state index < -0.39 is 96.4 Å². The van der Waals surface area contributed by atoms with Crippen LogP contribution in [0.3, 0.4) is 0 Å². The first-order valence-electron chi connectivity index (χ1n) is 33.7. The number of fused-ring (bicyclic) bond motifs is 3. The molecule has 1 saturated heterocycles. The van der Waals surface area contributed by atoms with Crippen molar-refractivity contribution in [2.75, 3.05) is 60.4 Å². The highest BCUT2D eigenvalue weighted by Crippen LogP contribution is 2.44. The maximum Gasteiger partial charge on any atom is 0.407 e. The number of hydrogen-bond donors (Lipinski definition) is 8. The van der Waals surface area contributed by atoms with E-state index in [-0.39, 0.29) is 84.2 Å². The molecule has 0 bridgehead atoms. The maximum absolute atomic E-state index is 15.0. The van der Waals surface area contributed by atoms with Gasteiger partial charge in [-0.2, -0.15) is 0 Å². The quantitative estimate of drug-likeness (QED) is 0.0163. The molecule has 9 N–H and O–H groups in total. The Morgan fingerprint density at radius 2 is 1.31 bits per heavy atom. The SMILES string of the molecule is CC[C@H](C)[C@@H]([C@H](CC(=O)N1CCC[C@H]1[C@H](OC)[C@@H](C)C(=O)N[C@H](C)[C@H](O)c1ccccc1)OC)N(C)C(=O)[C@@H](NC(=O)[C@H](C(C)C)[N+](C)(C)Cc1ccc(NC(=O)[C@H](CCCNC(N)=O)NC(=O)[C@@H](NC(=O)OCC2c3ccccc3-c3ccccc32)C(C)C)cc1)C(C)C. The van der Waals surface area contributed by atoms with Gasteiger partial charge >= 0.3 is 12.1 Å². The number of alkyl carbamates (subject to hydrolysis) is 1. The van der Waals surface area contributed by atoms with Gasteiger partial charge in [-0.15, -0.1) is 0 Å². The highest BCUT2D eigenvalue weighted by atomic mass is 16.5. The Morgan fingerprint density at radius 3 is 1.86 bits per heavy atom. The summed E-state index contributed by atoms with van der Waals surface area (Å²) in [5.74, 6) is -4.15. The molecule has 0 aromatic heterocycles. The predicted octanol–water partition coefficient (Wildman–Crippen LogP) is 8.02. The second-order valence-electron chi connectivity index (χ2n) is 27.5. The molecule has 2 aliphatic rings. The number of nitrogens with one attached hydrogen (secondary N) is 6. The molecule has 1 heterocycles. The predicted molar refractivity (Wildman–Crippen MR) is 367 cm³/mol. The number of methoxy groups -OCH3 is 2. The topological polar surface area (TPSA) is 289 Å². The van der Waals surface area contributed by atoms with Crippen LogP contribution in [0.2, 0.25) is 0 Å². The second-order valence-corrected chi connectivity index (χ2v) is 27.5. The Bertz CT molecular complexity index is 3170. The molecule has 1 aliphatic carbocycles. The Kier molecular flexibility index (Phi) is 28.2. The molecular formula is C73H107N10O12+. The van der Waals surface area contributed by atoms with Gasteiger partial charge in [0.25, 0.3) is 5.91 Å². The summed E-state index contributed by atoms with van der Waals surface area (Å²) in [5.41, 5.74) is 11.5. The molecule has 0 unspecified atom stereocenters. The van der Waals surface area contributed by atoms with E-state index in [1.165, 1.54) is 14.2 Å². The van der Waals surface area contributed by atoms with Crippen molar-refractivity contribution in [3.63, 3.8) is 0 Å². The lowest BCUT2D eigenvalue weighted by atomic mass is 9.89. The number of carbonyl (C=O) groups is 8. The van der Waals surface area contributed by atoms with Gasteiger partial charge in [-0.05, 0) is 90.3 Å². The minimum absolute atomic E-state index is 0.0474. The lowest BCUT2D eigenvalue weighted by Crippen LogP contribution is -2.63. The van der Waals surface area contributed by atoms with E-state index in [2.05, 4.69) is 31.9 Å². The number of primary amides is 1. The molecule has 95 heavy (non-hydrogen) atoms. The maximum atomic E-state index is 15.0. The van der Waals surface area contributed by atoms with E-state index >= 15 is 0 Å². The van der Waals surface area contributed by atoms with Crippen LogP contribution in [-0.4, -0.2) is 177 Å². The number of rotatable bonds is 34.